The number of carboxylic acids is 1. The monoisotopic (exact) mass is 222 g/mol. The van der Waals surface area contributed by atoms with Gasteiger partial charge in [-0.15, -0.1) is 0 Å². The van der Waals surface area contributed by atoms with Crippen LogP contribution in [0.5, 0.6) is 0 Å². The number of aliphatic carboxylic acids is 1. The molecule has 1 aliphatic carbocycles. The van der Waals surface area contributed by atoms with Crippen molar-refractivity contribution >= 4 is 11.9 Å². The first-order chi connectivity index (χ1) is 6.87. The molecule has 2 atom stereocenters. The van der Waals surface area contributed by atoms with Crippen molar-refractivity contribution in [3.05, 3.63) is 0 Å². The Morgan fingerprint density at radius 3 is 2.47 bits per heavy atom. The average Bonchev–Trinajstić information content (AvgIpc) is 2.14. The molecule has 0 aromatic rings. The van der Waals surface area contributed by atoms with Gasteiger partial charge in [-0.05, 0) is 6.42 Å². The van der Waals surface area contributed by atoms with E-state index in [2.05, 4.69) is 4.74 Å². The van der Waals surface area contributed by atoms with Gasteiger partial charge in [0.25, 0.3) is 0 Å². The second-order valence-corrected chi connectivity index (χ2v) is 3.67. The van der Waals surface area contributed by atoms with Crippen LogP contribution in [-0.2, 0) is 14.3 Å². The second kappa shape index (κ2) is 4.12. The van der Waals surface area contributed by atoms with Crippen molar-refractivity contribution in [2.24, 2.45) is 11.8 Å². The molecule has 0 heterocycles. The summed E-state index contributed by atoms with van der Waals surface area (Å²) < 4.78 is 30.3. The molecule has 0 spiro atoms. The van der Waals surface area contributed by atoms with Gasteiger partial charge in [-0.1, -0.05) is 0 Å². The number of hydrogen-bond acceptors (Lipinski definition) is 3. The van der Waals surface area contributed by atoms with Crippen LogP contribution in [0.1, 0.15) is 19.3 Å². The summed E-state index contributed by atoms with van der Waals surface area (Å²) in [5, 5.41) is 8.77. The Labute approximate surface area is 85.2 Å². The summed E-state index contributed by atoms with van der Waals surface area (Å²) in [5.74, 6) is -7.36. The lowest BCUT2D eigenvalue weighted by Gasteiger charge is -2.31. The van der Waals surface area contributed by atoms with Crippen molar-refractivity contribution in [2.45, 2.75) is 25.2 Å². The Morgan fingerprint density at radius 1 is 1.40 bits per heavy atom. The first kappa shape index (κ1) is 11.9. The van der Waals surface area contributed by atoms with Crippen LogP contribution >= 0.6 is 0 Å². The highest BCUT2D eigenvalue weighted by Gasteiger charge is 2.47. The Bertz CT molecular complexity index is 277. The number of ether oxygens (including phenoxy) is 1. The van der Waals surface area contributed by atoms with Gasteiger partial charge in [0.05, 0.1) is 18.9 Å². The number of halogens is 2. The second-order valence-electron chi connectivity index (χ2n) is 3.67. The third-order valence-corrected chi connectivity index (χ3v) is 2.65. The molecule has 0 aromatic carbocycles. The smallest absolute Gasteiger partial charge is 0.309 e. The van der Waals surface area contributed by atoms with E-state index in [4.69, 9.17) is 5.11 Å². The molecular weight excluding hydrogens is 210 g/mol. The summed E-state index contributed by atoms with van der Waals surface area (Å²) >= 11 is 0. The Morgan fingerprint density at radius 2 is 2.00 bits per heavy atom. The molecule has 0 bridgehead atoms. The number of methoxy groups -OCH3 is 1. The summed E-state index contributed by atoms with van der Waals surface area (Å²) in [6, 6.07) is 0. The SMILES string of the molecule is COC(=O)C1CC(F)(F)CCC1C(=O)O. The molecule has 6 heteroatoms. The molecule has 0 radical (unpaired) electrons. The van der Waals surface area contributed by atoms with Crippen molar-refractivity contribution in [1.29, 1.82) is 0 Å². The Kier molecular flexibility index (Phi) is 3.26. The molecule has 1 saturated carbocycles. The highest BCUT2D eigenvalue weighted by atomic mass is 19.3. The van der Waals surface area contributed by atoms with E-state index in [0.29, 0.717) is 0 Å². The van der Waals surface area contributed by atoms with Gasteiger partial charge < -0.3 is 9.84 Å². The average molecular weight is 222 g/mol. The van der Waals surface area contributed by atoms with Crippen molar-refractivity contribution in [3.63, 3.8) is 0 Å². The number of esters is 1. The zero-order chi connectivity index (χ0) is 11.6. The van der Waals surface area contributed by atoms with Crippen LogP contribution < -0.4 is 0 Å². The Balaban J connectivity index is 2.83. The fraction of sp³-hybridized carbons (Fsp3) is 0.778. The standard InChI is InChI=1S/C9H12F2O4/c1-15-8(14)6-4-9(10,11)3-2-5(6)7(12)13/h5-6H,2-4H2,1H3,(H,12,13). The molecule has 1 N–H and O–H groups in total. The van der Waals surface area contributed by atoms with Gasteiger partial charge in [0.15, 0.2) is 0 Å². The number of rotatable bonds is 2. The normalized spacial score (nSPS) is 29.5. The lowest BCUT2D eigenvalue weighted by molar-refractivity contribution is -0.166. The van der Waals surface area contributed by atoms with Gasteiger partial charge in [-0.2, -0.15) is 0 Å². The van der Waals surface area contributed by atoms with Gasteiger partial charge in [0.1, 0.15) is 0 Å². The maximum absolute atomic E-state index is 13.0. The van der Waals surface area contributed by atoms with Crippen molar-refractivity contribution < 1.29 is 28.2 Å². The first-order valence-electron chi connectivity index (χ1n) is 4.56. The molecular formula is C9H12F2O4. The molecule has 86 valence electrons. The van der Waals surface area contributed by atoms with E-state index >= 15 is 0 Å². The van der Waals surface area contributed by atoms with E-state index in [1.54, 1.807) is 0 Å². The molecule has 2 unspecified atom stereocenters. The van der Waals surface area contributed by atoms with Crippen LogP contribution in [0, 0.1) is 11.8 Å². The van der Waals surface area contributed by atoms with Crippen LogP contribution in [0.2, 0.25) is 0 Å². The summed E-state index contributed by atoms with van der Waals surface area (Å²) in [4.78, 5) is 21.9. The number of carboxylic acid groups (broad SMARTS) is 1. The molecule has 1 fully saturated rings. The van der Waals surface area contributed by atoms with Gasteiger partial charge in [0.2, 0.25) is 5.92 Å². The summed E-state index contributed by atoms with van der Waals surface area (Å²) in [5.41, 5.74) is 0. The maximum Gasteiger partial charge on any atom is 0.309 e. The summed E-state index contributed by atoms with van der Waals surface area (Å²) in [7, 11) is 1.06. The van der Waals surface area contributed by atoms with E-state index in [-0.39, 0.29) is 6.42 Å². The lowest BCUT2D eigenvalue weighted by atomic mass is 9.77. The Hall–Kier alpha value is -1.20. The molecule has 0 amide bonds. The van der Waals surface area contributed by atoms with Crippen molar-refractivity contribution in [3.8, 4) is 0 Å². The van der Waals surface area contributed by atoms with E-state index in [0.717, 1.165) is 7.11 Å². The lowest BCUT2D eigenvalue weighted by Crippen LogP contribution is -2.40. The minimum Gasteiger partial charge on any atom is -0.481 e. The molecule has 4 nitrogen and oxygen atoms in total. The molecule has 0 aliphatic heterocycles. The fourth-order valence-corrected chi connectivity index (χ4v) is 1.83. The van der Waals surface area contributed by atoms with Gasteiger partial charge in [-0.3, -0.25) is 9.59 Å². The van der Waals surface area contributed by atoms with E-state index in [9.17, 15) is 18.4 Å². The third-order valence-electron chi connectivity index (χ3n) is 2.65. The van der Waals surface area contributed by atoms with Gasteiger partial charge >= 0.3 is 11.9 Å². The molecule has 0 aromatic heterocycles. The topological polar surface area (TPSA) is 63.6 Å². The van der Waals surface area contributed by atoms with E-state index in [1.165, 1.54) is 0 Å². The fourth-order valence-electron chi connectivity index (χ4n) is 1.83. The summed E-state index contributed by atoms with van der Waals surface area (Å²) in [6.07, 6.45) is -1.42. The largest absolute Gasteiger partial charge is 0.481 e. The van der Waals surface area contributed by atoms with Gasteiger partial charge in [0, 0.05) is 12.8 Å². The van der Waals surface area contributed by atoms with Crippen LogP contribution in [0.15, 0.2) is 0 Å². The zero-order valence-corrected chi connectivity index (χ0v) is 8.20. The van der Waals surface area contributed by atoms with Crippen LogP contribution in [0.25, 0.3) is 0 Å². The van der Waals surface area contributed by atoms with Gasteiger partial charge in [-0.25, -0.2) is 8.78 Å². The maximum atomic E-state index is 13.0. The number of alkyl halides is 2. The zero-order valence-electron chi connectivity index (χ0n) is 8.20. The predicted octanol–water partition coefficient (Wildman–Crippen LogP) is 1.30. The summed E-state index contributed by atoms with van der Waals surface area (Å²) in [6.45, 7) is 0. The minimum atomic E-state index is -2.97. The van der Waals surface area contributed by atoms with E-state index in [1.807, 2.05) is 0 Å². The quantitative estimate of drug-likeness (QED) is 0.715. The van der Waals surface area contributed by atoms with Crippen LogP contribution in [0.4, 0.5) is 8.78 Å². The predicted molar refractivity (Wildman–Crippen MR) is 45.4 cm³/mol. The van der Waals surface area contributed by atoms with Crippen LogP contribution in [0.3, 0.4) is 0 Å². The van der Waals surface area contributed by atoms with Crippen molar-refractivity contribution in [2.75, 3.05) is 7.11 Å². The number of carbonyl (C=O) groups excluding carboxylic acids is 1. The molecule has 15 heavy (non-hydrogen) atoms. The minimum absolute atomic E-state index is 0.192. The number of carbonyl (C=O) groups is 2. The molecule has 1 aliphatic rings. The van der Waals surface area contributed by atoms with Crippen molar-refractivity contribution in [1.82, 2.24) is 0 Å². The van der Waals surface area contributed by atoms with E-state index < -0.39 is 42.5 Å². The highest BCUT2D eigenvalue weighted by Crippen LogP contribution is 2.40. The molecule has 0 saturated heterocycles. The van der Waals surface area contributed by atoms with Crippen LogP contribution in [-0.4, -0.2) is 30.1 Å². The first-order valence-corrected chi connectivity index (χ1v) is 4.56. The number of hydrogen-bond donors (Lipinski definition) is 1. The molecule has 1 rings (SSSR count). The third kappa shape index (κ3) is 2.64. The highest BCUT2D eigenvalue weighted by molar-refractivity contribution is 5.81.